The van der Waals surface area contributed by atoms with Crippen molar-refractivity contribution >= 4 is 17.6 Å². The van der Waals surface area contributed by atoms with Gasteiger partial charge in [0, 0.05) is 16.8 Å². The molecule has 0 radical (unpaired) electrons. The van der Waals surface area contributed by atoms with Gasteiger partial charge in [-0.15, -0.1) is 0 Å². The molecule has 4 rings (SSSR count). The molecule has 35 heavy (non-hydrogen) atoms. The summed E-state index contributed by atoms with van der Waals surface area (Å²) in [7, 11) is 0. The Morgan fingerprint density at radius 2 is 1.97 bits per heavy atom. The highest BCUT2D eigenvalue weighted by atomic mass is 19.1. The number of H-pyrrole nitrogens is 1. The average molecular weight is 483 g/mol. The molecule has 3 aromatic heterocycles. The first-order valence-corrected chi connectivity index (χ1v) is 12.0. The zero-order chi connectivity index (χ0) is 25.1. The molecule has 186 valence electrons. The molecule has 1 fully saturated rings. The highest BCUT2D eigenvalue weighted by Gasteiger charge is 2.34. The Balaban J connectivity index is 1.55. The molecule has 0 spiro atoms. The first-order chi connectivity index (χ1) is 16.8. The molecule has 3 aromatic rings. The number of nitrogens with one attached hydrogen (secondary N) is 3. The number of carbonyl (C=O) groups is 2. The topological polar surface area (TPSA) is 126 Å². The third kappa shape index (κ3) is 5.26. The Morgan fingerprint density at radius 3 is 2.60 bits per heavy atom. The van der Waals surface area contributed by atoms with E-state index in [2.05, 4.69) is 37.9 Å². The van der Waals surface area contributed by atoms with Gasteiger partial charge in [-0.05, 0) is 57.1 Å². The van der Waals surface area contributed by atoms with Crippen LogP contribution in [0.1, 0.15) is 67.0 Å². The van der Waals surface area contributed by atoms with Crippen LogP contribution in [0.3, 0.4) is 0 Å². The minimum atomic E-state index is -0.794. The van der Waals surface area contributed by atoms with Crippen molar-refractivity contribution in [2.75, 3.05) is 5.32 Å². The number of nitrogens with zero attached hydrogens (tertiary/aromatic N) is 3. The van der Waals surface area contributed by atoms with E-state index < -0.39 is 23.8 Å². The Hall–Kier alpha value is -3.56. The van der Waals surface area contributed by atoms with Gasteiger partial charge >= 0.3 is 0 Å². The molecule has 10 heteroatoms. The summed E-state index contributed by atoms with van der Waals surface area (Å²) < 4.78 is 19.9. The second-order valence-electron chi connectivity index (χ2n) is 9.33. The number of aromatic amines is 1. The summed E-state index contributed by atoms with van der Waals surface area (Å²) in [5, 5.41) is 16.4. The van der Waals surface area contributed by atoms with Crippen molar-refractivity contribution in [2.24, 2.45) is 11.8 Å². The van der Waals surface area contributed by atoms with Crippen molar-refractivity contribution in [3.05, 3.63) is 47.0 Å². The molecular formula is C25H31FN6O3. The van der Waals surface area contributed by atoms with Gasteiger partial charge in [0.1, 0.15) is 23.7 Å². The normalized spacial score (nSPS) is 18.8. The molecule has 0 aromatic carbocycles. The number of anilines is 1. The fourth-order valence-corrected chi connectivity index (χ4v) is 4.78. The molecule has 1 aliphatic rings. The molecule has 9 nitrogen and oxygen atoms in total. The van der Waals surface area contributed by atoms with Crippen molar-refractivity contribution < 1.29 is 18.5 Å². The van der Waals surface area contributed by atoms with E-state index in [0.717, 1.165) is 31.4 Å². The number of amides is 2. The van der Waals surface area contributed by atoms with Crippen LogP contribution in [0, 0.1) is 31.6 Å². The highest BCUT2D eigenvalue weighted by molar-refractivity contribution is 6.01. The van der Waals surface area contributed by atoms with E-state index in [4.69, 9.17) is 4.52 Å². The molecule has 0 aliphatic heterocycles. The monoisotopic (exact) mass is 482 g/mol. The molecule has 2 amide bonds. The maximum atomic E-state index is 14.9. The second-order valence-corrected chi connectivity index (χ2v) is 9.33. The summed E-state index contributed by atoms with van der Waals surface area (Å²) in [5.74, 6) is -0.934. The van der Waals surface area contributed by atoms with Crippen molar-refractivity contribution in [1.82, 2.24) is 25.7 Å². The van der Waals surface area contributed by atoms with Crippen molar-refractivity contribution in [3.63, 3.8) is 0 Å². The molecule has 0 unspecified atom stereocenters. The van der Waals surface area contributed by atoms with Gasteiger partial charge in [-0.3, -0.25) is 14.7 Å². The molecule has 0 bridgehead atoms. The standard InChI is InChI=1S/C25H31FN6O3/c1-5-19-18(12-35-32-19)24(33)29-22(16-8-6-13(2)7-9-16)25(34)28-20-11-10-17(23(26)27-20)21-14(3)30-31-15(21)4/h10-13,16,22H,5-9H2,1-4H3,(H,29,33)(H,30,31)(H,27,28,34)/t13-,16-,22-/m0/s1. The minimum absolute atomic E-state index is 0.0413. The maximum absolute atomic E-state index is 14.9. The summed E-state index contributed by atoms with van der Waals surface area (Å²) in [6, 6.07) is 2.33. The Kier molecular flexibility index (Phi) is 7.28. The quantitative estimate of drug-likeness (QED) is 0.430. The van der Waals surface area contributed by atoms with Crippen LogP contribution in [0.5, 0.6) is 0 Å². The van der Waals surface area contributed by atoms with Crippen LogP contribution < -0.4 is 10.6 Å². The Morgan fingerprint density at radius 1 is 1.23 bits per heavy atom. The van der Waals surface area contributed by atoms with E-state index in [1.165, 1.54) is 6.26 Å². The summed E-state index contributed by atoms with van der Waals surface area (Å²) in [4.78, 5) is 30.3. The fourth-order valence-electron chi connectivity index (χ4n) is 4.78. The SMILES string of the molecule is CCc1nocc1C(=O)N[C@H](C(=O)Nc1ccc(-c2c(C)n[nH]c2C)c(F)n1)[C@H]1CC[C@H](C)CC1. The third-order valence-electron chi connectivity index (χ3n) is 6.82. The van der Waals surface area contributed by atoms with Gasteiger partial charge in [-0.25, -0.2) is 4.98 Å². The molecular weight excluding hydrogens is 451 g/mol. The van der Waals surface area contributed by atoms with Gasteiger partial charge in [-0.2, -0.15) is 9.49 Å². The predicted molar refractivity (Wildman–Crippen MR) is 128 cm³/mol. The van der Waals surface area contributed by atoms with Crippen LogP contribution in [-0.4, -0.2) is 38.2 Å². The number of aromatic nitrogens is 4. The van der Waals surface area contributed by atoms with E-state index >= 15 is 0 Å². The van der Waals surface area contributed by atoms with Crippen LogP contribution in [0.2, 0.25) is 0 Å². The Labute approximate surface area is 203 Å². The van der Waals surface area contributed by atoms with Crippen molar-refractivity contribution in [3.8, 4) is 11.1 Å². The van der Waals surface area contributed by atoms with Crippen LogP contribution in [-0.2, 0) is 11.2 Å². The van der Waals surface area contributed by atoms with Crippen LogP contribution in [0.15, 0.2) is 22.9 Å². The number of rotatable bonds is 7. The van der Waals surface area contributed by atoms with E-state index in [1.54, 1.807) is 19.1 Å². The lowest BCUT2D eigenvalue weighted by molar-refractivity contribution is -0.119. The summed E-state index contributed by atoms with van der Waals surface area (Å²) in [6.45, 7) is 7.65. The smallest absolute Gasteiger partial charge is 0.257 e. The number of pyridine rings is 1. The van der Waals surface area contributed by atoms with Gasteiger partial charge in [0.05, 0.1) is 11.4 Å². The van der Waals surface area contributed by atoms with E-state index in [0.29, 0.717) is 40.4 Å². The molecule has 3 N–H and O–H groups in total. The van der Waals surface area contributed by atoms with Crippen LogP contribution >= 0.6 is 0 Å². The zero-order valence-corrected chi connectivity index (χ0v) is 20.4. The van der Waals surface area contributed by atoms with Crippen molar-refractivity contribution in [2.45, 2.75) is 65.8 Å². The van der Waals surface area contributed by atoms with E-state index in [9.17, 15) is 14.0 Å². The average Bonchev–Trinajstić information content (AvgIpc) is 3.44. The van der Waals surface area contributed by atoms with Gasteiger partial charge in [-0.1, -0.05) is 31.8 Å². The Bertz CT molecular complexity index is 1190. The predicted octanol–water partition coefficient (Wildman–Crippen LogP) is 4.34. The molecule has 3 heterocycles. The molecule has 1 atom stereocenters. The molecule has 0 saturated heterocycles. The molecule has 1 aliphatic carbocycles. The first kappa shape index (κ1) is 24.6. The van der Waals surface area contributed by atoms with Crippen molar-refractivity contribution in [1.29, 1.82) is 0 Å². The first-order valence-electron chi connectivity index (χ1n) is 12.0. The maximum Gasteiger partial charge on any atom is 0.257 e. The van der Waals surface area contributed by atoms with Crippen LogP contribution in [0.4, 0.5) is 10.2 Å². The number of hydrogen-bond donors (Lipinski definition) is 3. The van der Waals surface area contributed by atoms with E-state index in [-0.39, 0.29) is 11.7 Å². The highest BCUT2D eigenvalue weighted by Crippen LogP contribution is 2.32. The van der Waals surface area contributed by atoms with Gasteiger partial charge in [0.25, 0.3) is 5.91 Å². The number of hydrogen-bond acceptors (Lipinski definition) is 6. The third-order valence-corrected chi connectivity index (χ3v) is 6.82. The second kappa shape index (κ2) is 10.4. The summed E-state index contributed by atoms with van der Waals surface area (Å²) >= 11 is 0. The molecule has 1 saturated carbocycles. The lowest BCUT2D eigenvalue weighted by atomic mass is 9.79. The minimum Gasteiger partial charge on any atom is -0.364 e. The fraction of sp³-hybridized carbons (Fsp3) is 0.480. The number of aryl methyl sites for hydroxylation is 3. The summed E-state index contributed by atoms with van der Waals surface area (Å²) in [6.07, 6.45) is 5.39. The number of halogens is 1. The largest absolute Gasteiger partial charge is 0.364 e. The zero-order valence-electron chi connectivity index (χ0n) is 20.4. The van der Waals surface area contributed by atoms with E-state index in [1.807, 2.05) is 13.8 Å². The van der Waals surface area contributed by atoms with Gasteiger partial charge in [0.2, 0.25) is 11.9 Å². The van der Waals surface area contributed by atoms with Gasteiger partial charge in [0.15, 0.2) is 0 Å². The lowest BCUT2D eigenvalue weighted by Gasteiger charge is -2.32. The number of carbonyl (C=O) groups excluding carboxylic acids is 2. The van der Waals surface area contributed by atoms with Crippen LogP contribution in [0.25, 0.3) is 11.1 Å². The van der Waals surface area contributed by atoms with Gasteiger partial charge < -0.3 is 15.2 Å². The lowest BCUT2D eigenvalue weighted by Crippen LogP contribution is -2.49. The summed E-state index contributed by atoms with van der Waals surface area (Å²) in [5.41, 5.74) is 3.19.